The first-order chi connectivity index (χ1) is 39.0. The van der Waals surface area contributed by atoms with Gasteiger partial charge in [0.1, 0.15) is 0 Å². The first-order valence-electron chi connectivity index (χ1n) is 35.8. The highest BCUT2D eigenvalue weighted by Gasteiger charge is 2.18. The van der Waals surface area contributed by atoms with Crippen molar-refractivity contribution in [1.29, 1.82) is 0 Å². The number of unbranched alkanes of at least 4 members (excludes halogenated alkanes) is 52. The van der Waals surface area contributed by atoms with Gasteiger partial charge in [-0.1, -0.05) is 339 Å². The van der Waals surface area contributed by atoms with Gasteiger partial charge < -0.3 is 20.3 Å². The van der Waals surface area contributed by atoms with Gasteiger partial charge >= 0.3 is 5.97 Å². The summed E-state index contributed by atoms with van der Waals surface area (Å²) in [6.07, 6.45) is 88.1. The first kappa shape index (κ1) is 77.1. The molecule has 3 N–H and O–H groups in total. The number of carbonyl (C=O) groups is 2. The second-order valence-electron chi connectivity index (χ2n) is 24.6. The molecule has 0 aromatic heterocycles. The predicted octanol–water partition coefficient (Wildman–Crippen LogP) is 23.1. The van der Waals surface area contributed by atoms with Crippen molar-refractivity contribution in [1.82, 2.24) is 5.32 Å². The van der Waals surface area contributed by atoms with Crippen molar-refractivity contribution in [3.63, 3.8) is 0 Å². The Labute approximate surface area is 494 Å². The molecule has 0 fully saturated rings. The monoisotopic (exact) mass is 1110 g/mol. The minimum atomic E-state index is -0.843. The summed E-state index contributed by atoms with van der Waals surface area (Å²) >= 11 is 0. The molecule has 0 aliphatic heterocycles. The Balaban J connectivity index is 3.38. The number of allylic oxidation sites excluding steroid dienone is 5. The van der Waals surface area contributed by atoms with Crippen molar-refractivity contribution >= 4 is 11.9 Å². The van der Waals surface area contributed by atoms with Crippen LogP contribution in [-0.4, -0.2) is 47.4 Å². The summed E-state index contributed by atoms with van der Waals surface area (Å²) in [5, 5.41) is 23.2. The second-order valence-corrected chi connectivity index (χ2v) is 24.6. The highest BCUT2D eigenvalue weighted by Crippen LogP contribution is 2.18. The van der Waals surface area contributed by atoms with Crippen LogP contribution in [0.1, 0.15) is 393 Å². The van der Waals surface area contributed by atoms with E-state index < -0.39 is 12.1 Å². The van der Waals surface area contributed by atoms with Gasteiger partial charge in [-0.2, -0.15) is 0 Å². The van der Waals surface area contributed by atoms with Gasteiger partial charge in [-0.05, 0) is 77.0 Å². The lowest BCUT2D eigenvalue weighted by molar-refractivity contribution is -0.143. The highest BCUT2D eigenvalue weighted by atomic mass is 16.5. The molecule has 0 radical (unpaired) electrons. The van der Waals surface area contributed by atoms with Crippen LogP contribution in [0.5, 0.6) is 0 Å². The molecular formula is C73H139NO5. The Bertz CT molecular complexity index is 1280. The molecule has 0 bridgehead atoms. The van der Waals surface area contributed by atoms with Gasteiger partial charge in [0.2, 0.25) is 5.91 Å². The number of ether oxygens (including phenoxy) is 1. The van der Waals surface area contributed by atoms with Gasteiger partial charge in [0, 0.05) is 12.8 Å². The minimum Gasteiger partial charge on any atom is -0.466 e. The molecule has 1 amide bonds. The zero-order chi connectivity index (χ0) is 57.1. The van der Waals surface area contributed by atoms with Gasteiger partial charge in [0.25, 0.3) is 0 Å². The summed E-state index contributed by atoms with van der Waals surface area (Å²) in [5.41, 5.74) is 0. The molecule has 466 valence electrons. The van der Waals surface area contributed by atoms with Crippen LogP contribution in [0.25, 0.3) is 0 Å². The van der Waals surface area contributed by atoms with E-state index in [0.717, 1.165) is 44.9 Å². The normalized spacial score (nSPS) is 12.7. The molecule has 0 heterocycles. The van der Waals surface area contributed by atoms with E-state index in [4.69, 9.17) is 4.74 Å². The van der Waals surface area contributed by atoms with Crippen molar-refractivity contribution in [2.45, 2.75) is 405 Å². The topological polar surface area (TPSA) is 95.9 Å². The Morgan fingerprint density at radius 1 is 0.342 bits per heavy atom. The summed E-state index contributed by atoms with van der Waals surface area (Å²) in [5.74, 6) is -0.0549. The molecule has 0 aliphatic carbocycles. The number of carbonyl (C=O) groups excluding carboxylic acids is 2. The number of aliphatic hydroxyl groups excluding tert-OH is 2. The lowest BCUT2D eigenvalue weighted by atomic mass is 10.0. The molecule has 0 rings (SSSR count). The fraction of sp³-hybridized carbons (Fsp3) is 0.890. The van der Waals surface area contributed by atoms with Crippen molar-refractivity contribution < 1.29 is 24.5 Å². The van der Waals surface area contributed by atoms with Crippen molar-refractivity contribution in [2.24, 2.45) is 0 Å². The van der Waals surface area contributed by atoms with Gasteiger partial charge in [-0.3, -0.25) is 9.59 Å². The molecule has 2 atom stereocenters. The van der Waals surface area contributed by atoms with Crippen LogP contribution < -0.4 is 5.32 Å². The van der Waals surface area contributed by atoms with Gasteiger partial charge in [-0.25, -0.2) is 0 Å². The third-order valence-corrected chi connectivity index (χ3v) is 16.6. The predicted molar refractivity (Wildman–Crippen MR) is 347 cm³/mol. The summed E-state index contributed by atoms with van der Waals surface area (Å²) in [6.45, 7) is 4.90. The van der Waals surface area contributed by atoms with Crippen LogP contribution in [0.15, 0.2) is 36.5 Å². The molecule has 0 saturated heterocycles. The van der Waals surface area contributed by atoms with Crippen LogP contribution in [0.3, 0.4) is 0 Å². The Morgan fingerprint density at radius 3 is 0.937 bits per heavy atom. The summed E-state index contributed by atoms with van der Waals surface area (Å²) in [6, 6.07) is -0.626. The van der Waals surface area contributed by atoms with E-state index in [0.29, 0.717) is 19.4 Å². The van der Waals surface area contributed by atoms with Crippen molar-refractivity contribution in [2.75, 3.05) is 13.2 Å². The molecule has 6 nitrogen and oxygen atoms in total. The molecule has 0 aromatic rings. The summed E-state index contributed by atoms with van der Waals surface area (Å²) in [4.78, 5) is 24.5. The largest absolute Gasteiger partial charge is 0.466 e. The summed E-state index contributed by atoms with van der Waals surface area (Å²) in [7, 11) is 0. The summed E-state index contributed by atoms with van der Waals surface area (Å²) < 4.78 is 5.47. The van der Waals surface area contributed by atoms with E-state index in [1.54, 1.807) is 6.08 Å². The number of rotatable bonds is 67. The molecular weight excluding hydrogens is 971 g/mol. The Morgan fingerprint density at radius 2 is 0.608 bits per heavy atom. The van der Waals surface area contributed by atoms with Crippen LogP contribution in [-0.2, 0) is 14.3 Å². The van der Waals surface area contributed by atoms with Crippen molar-refractivity contribution in [3.05, 3.63) is 36.5 Å². The second kappa shape index (κ2) is 68.6. The first-order valence-corrected chi connectivity index (χ1v) is 35.8. The van der Waals surface area contributed by atoms with Crippen LogP contribution in [0, 0.1) is 0 Å². The lowest BCUT2D eigenvalue weighted by Gasteiger charge is -2.20. The Kier molecular flexibility index (Phi) is 66.9. The molecule has 2 unspecified atom stereocenters. The van der Waals surface area contributed by atoms with E-state index in [1.165, 1.54) is 321 Å². The van der Waals surface area contributed by atoms with E-state index in [1.807, 2.05) is 6.08 Å². The maximum atomic E-state index is 12.5. The third-order valence-electron chi connectivity index (χ3n) is 16.6. The number of hydrogen-bond donors (Lipinski definition) is 3. The molecule has 0 spiro atoms. The number of esters is 1. The van der Waals surface area contributed by atoms with Crippen LogP contribution in [0.2, 0.25) is 0 Å². The van der Waals surface area contributed by atoms with E-state index in [-0.39, 0.29) is 18.5 Å². The lowest BCUT2D eigenvalue weighted by Crippen LogP contribution is -2.45. The number of aliphatic hydroxyl groups is 2. The average Bonchev–Trinajstić information content (AvgIpc) is 3.45. The molecule has 0 aliphatic rings. The minimum absolute atomic E-state index is 0.00705. The SMILES string of the molecule is CCCC/C=C\CCCCCCCC(=O)OCCCCCCCCCCCCCC/C=C\CCCCCCCCCCCCCCCCCCC(=O)NC(CO)C(O)/C=C/CCCCCCCCCCCCCCCCCCC. The van der Waals surface area contributed by atoms with Crippen LogP contribution >= 0.6 is 0 Å². The fourth-order valence-electron chi connectivity index (χ4n) is 11.1. The highest BCUT2D eigenvalue weighted by molar-refractivity contribution is 5.76. The van der Waals surface area contributed by atoms with E-state index >= 15 is 0 Å². The third kappa shape index (κ3) is 65.1. The zero-order valence-electron chi connectivity index (χ0n) is 53.4. The number of hydrogen-bond acceptors (Lipinski definition) is 5. The maximum absolute atomic E-state index is 12.5. The quantitative estimate of drug-likeness (QED) is 0.0320. The molecule has 6 heteroatoms. The smallest absolute Gasteiger partial charge is 0.305 e. The Hall–Kier alpha value is -1.92. The van der Waals surface area contributed by atoms with Gasteiger partial charge in [0.05, 0.1) is 25.4 Å². The van der Waals surface area contributed by atoms with E-state index in [9.17, 15) is 19.8 Å². The average molecular weight is 1110 g/mol. The van der Waals surface area contributed by atoms with Crippen molar-refractivity contribution in [3.8, 4) is 0 Å². The molecule has 0 aromatic carbocycles. The van der Waals surface area contributed by atoms with E-state index in [2.05, 4.69) is 43.5 Å². The number of nitrogens with one attached hydrogen (secondary N) is 1. The fourth-order valence-corrected chi connectivity index (χ4v) is 11.1. The zero-order valence-corrected chi connectivity index (χ0v) is 53.4. The van der Waals surface area contributed by atoms with Gasteiger partial charge in [0.15, 0.2) is 0 Å². The number of amides is 1. The van der Waals surface area contributed by atoms with Gasteiger partial charge in [-0.15, -0.1) is 0 Å². The maximum Gasteiger partial charge on any atom is 0.305 e. The standard InChI is InChI=1S/C73H139NO5/c1-3-5-7-9-11-13-15-16-17-18-33-36-39-42-46-49-53-57-61-65-71(76)70(69-75)74-72(77)66-62-58-54-50-47-43-40-37-34-31-29-27-25-23-21-19-20-22-24-26-28-30-32-35-38-41-44-48-52-56-60-64-68-79-73(78)67-63-59-55-51-45-14-12-10-8-6-4-2/h10,12,22,24,61,65,70-71,75-76H,3-9,11,13-21,23,25-60,62-64,66-69H2,1-2H3,(H,74,77)/b12-10-,24-22-,65-61+. The van der Waals surface area contributed by atoms with Crippen LogP contribution in [0.4, 0.5) is 0 Å². The molecule has 79 heavy (non-hydrogen) atoms. The molecule has 0 saturated carbocycles.